The minimum absolute atomic E-state index is 0.205. The molecule has 2 N–H and O–H groups in total. The van der Waals surface area contributed by atoms with Crippen LogP contribution < -0.4 is 5.32 Å². The van der Waals surface area contributed by atoms with Crippen LogP contribution in [0.2, 0.25) is 0 Å². The van der Waals surface area contributed by atoms with Crippen molar-refractivity contribution in [3.05, 3.63) is 29.5 Å². The van der Waals surface area contributed by atoms with Crippen molar-refractivity contribution in [3.8, 4) is 0 Å². The smallest absolute Gasteiger partial charge is 0.129 e. The number of nitrogens with one attached hydrogen (secondary N) is 1. The van der Waals surface area contributed by atoms with Crippen molar-refractivity contribution in [2.75, 3.05) is 18.5 Å². The first-order valence-electron chi connectivity index (χ1n) is 4.90. The van der Waals surface area contributed by atoms with E-state index in [9.17, 15) is 0 Å². The number of aliphatic hydroxyl groups excluding tert-OH is 1. The molecule has 0 fully saturated rings. The molecule has 0 saturated carbocycles. The third-order valence-electron chi connectivity index (χ3n) is 2.28. The van der Waals surface area contributed by atoms with Crippen LogP contribution in [0.1, 0.15) is 17.5 Å². The van der Waals surface area contributed by atoms with Crippen molar-refractivity contribution >= 4 is 11.9 Å². The van der Waals surface area contributed by atoms with E-state index in [0.717, 1.165) is 24.3 Å². The molecule has 1 aliphatic heterocycles. The number of fused-ring (bicyclic) bond motifs is 1. The van der Waals surface area contributed by atoms with Gasteiger partial charge in [-0.25, -0.2) is 4.98 Å². The highest BCUT2D eigenvalue weighted by molar-refractivity contribution is 5.57. The summed E-state index contributed by atoms with van der Waals surface area (Å²) >= 11 is 0. The maximum absolute atomic E-state index is 8.62. The van der Waals surface area contributed by atoms with Gasteiger partial charge >= 0.3 is 0 Å². The number of hydrogen-bond donors (Lipinski definition) is 2. The lowest BCUT2D eigenvalue weighted by molar-refractivity contribution is 0.303. The van der Waals surface area contributed by atoms with Crippen LogP contribution in [0.25, 0.3) is 6.08 Å². The van der Waals surface area contributed by atoms with Gasteiger partial charge in [-0.3, -0.25) is 0 Å². The third-order valence-corrected chi connectivity index (χ3v) is 2.28. The lowest BCUT2D eigenvalue weighted by Gasteiger charge is -1.99. The quantitative estimate of drug-likeness (QED) is 0.758. The number of aromatic nitrogens is 1. The number of nitrogens with zero attached hydrogens (tertiary/aromatic N) is 1. The molecule has 1 aromatic heterocycles. The van der Waals surface area contributed by atoms with Crippen LogP contribution in [0.4, 0.5) is 5.82 Å². The van der Waals surface area contributed by atoms with Crippen LogP contribution in [0, 0.1) is 0 Å². The summed E-state index contributed by atoms with van der Waals surface area (Å²) in [7, 11) is 0. The summed E-state index contributed by atoms with van der Waals surface area (Å²) in [5, 5.41) is 11.8. The zero-order valence-electron chi connectivity index (χ0n) is 8.03. The van der Waals surface area contributed by atoms with E-state index >= 15 is 0 Å². The molecule has 0 unspecified atom stereocenters. The average Bonchev–Trinajstić information content (AvgIpc) is 2.65. The molecule has 1 aliphatic rings. The number of pyridine rings is 1. The molecule has 3 heteroatoms. The maximum Gasteiger partial charge on any atom is 0.129 e. The number of aliphatic hydroxyl groups is 1. The summed E-state index contributed by atoms with van der Waals surface area (Å²) in [6.07, 6.45) is 7.58. The molecular formula is C11H14N2O. The second-order valence-corrected chi connectivity index (χ2v) is 3.37. The maximum atomic E-state index is 8.62. The molecule has 0 aliphatic carbocycles. The van der Waals surface area contributed by atoms with Crippen molar-refractivity contribution in [2.24, 2.45) is 0 Å². The normalized spacial score (nSPS) is 14.4. The Labute approximate surface area is 83.5 Å². The van der Waals surface area contributed by atoms with Gasteiger partial charge in [-0.1, -0.05) is 12.2 Å². The Morgan fingerprint density at radius 1 is 1.57 bits per heavy atom. The Bertz CT molecular complexity index is 347. The fraction of sp³-hybridized carbons (Fsp3) is 0.364. The van der Waals surface area contributed by atoms with E-state index in [-0.39, 0.29) is 6.61 Å². The van der Waals surface area contributed by atoms with Gasteiger partial charge in [0.15, 0.2) is 0 Å². The summed E-state index contributed by atoms with van der Waals surface area (Å²) < 4.78 is 0. The van der Waals surface area contributed by atoms with Crippen molar-refractivity contribution in [1.82, 2.24) is 4.98 Å². The average molecular weight is 190 g/mol. The highest BCUT2D eigenvalue weighted by Crippen LogP contribution is 2.20. The minimum atomic E-state index is 0.205. The molecule has 3 nitrogen and oxygen atoms in total. The predicted molar refractivity (Wildman–Crippen MR) is 57.2 cm³/mol. The Kier molecular flexibility index (Phi) is 2.79. The van der Waals surface area contributed by atoms with E-state index < -0.39 is 0 Å². The van der Waals surface area contributed by atoms with E-state index in [2.05, 4.69) is 16.4 Å². The first kappa shape index (κ1) is 9.21. The molecule has 0 amide bonds. The molecule has 1 aromatic rings. The molecule has 0 radical (unpaired) electrons. The van der Waals surface area contributed by atoms with E-state index in [1.54, 1.807) is 0 Å². The summed E-state index contributed by atoms with van der Waals surface area (Å²) in [4.78, 5) is 4.31. The van der Waals surface area contributed by atoms with Gasteiger partial charge in [0.1, 0.15) is 5.82 Å². The second kappa shape index (κ2) is 4.24. The van der Waals surface area contributed by atoms with Crippen LogP contribution in [-0.4, -0.2) is 23.2 Å². The first-order chi connectivity index (χ1) is 6.90. The monoisotopic (exact) mass is 190 g/mol. The standard InChI is InChI=1S/C11H14N2O/c14-6-2-1-3-9-7-10-4-5-12-11(10)13-8-9/h1,3,7-8,14H,2,4-6H2,(H,12,13). The van der Waals surface area contributed by atoms with Crippen molar-refractivity contribution in [2.45, 2.75) is 12.8 Å². The summed E-state index contributed by atoms with van der Waals surface area (Å²) in [6.45, 7) is 1.20. The third kappa shape index (κ3) is 1.93. The topological polar surface area (TPSA) is 45.2 Å². The van der Waals surface area contributed by atoms with Gasteiger partial charge in [0.25, 0.3) is 0 Å². The van der Waals surface area contributed by atoms with Gasteiger partial charge in [0, 0.05) is 19.3 Å². The van der Waals surface area contributed by atoms with Crippen molar-refractivity contribution in [1.29, 1.82) is 0 Å². The SMILES string of the molecule is OCCC=Cc1cnc2c(c1)CCN2. The largest absolute Gasteiger partial charge is 0.396 e. The van der Waals surface area contributed by atoms with E-state index in [0.29, 0.717) is 6.42 Å². The van der Waals surface area contributed by atoms with Crippen molar-refractivity contribution in [3.63, 3.8) is 0 Å². The van der Waals surface area contributed by atoms with Crippen LogP contribution in [0.3, 0.4) is 0 Å². The Morgan fingerprint density at radius 3 is 3.36 bits per heavy atom. The van der Waals surface area contributed by atoms with Crippen LogP contribution in [0.15, 0.2) is 18.3 Å². The summed E-state index contributed by atoms with van der Waals surface area (Å²) in [6, 6.07) is 2.15. The molecule has 0 atom stereocenters. The van der Waals surface area contributed by atoms with Gasteiger partial charge in [0.2, 0.25) is 0 Å². The van der Waals surface area contributed by atoms with E-state index in [1.165, 1.54) is 5.56 Å². The van der Waals surface area contributed by atoms with E-state index in [4.69, 9.17) is 5.11 Å². The zero-order chi connectivity index (χ0) is 9.80. The highest BCUT2D eigenvalue weighted by Gasteiger charge is 2.10. The van der Waals surface area contributed by atoms with Crippen LogP contribution in [-0.2, 0) is 6.42 Å². The molecule has 0 saturated heterocycles. The van der Waals surface area contributed by atoms with Crippen LogP contribution in [0.5, 0.6) is 0 Å². The lowest BCUT2D eigenvalue weighted by atomic mass is 10.1. The fourth-order valence-electron chi connectivity index (χ4n) is 1.58. The van der Waals surface area contributed by atoms with Gasteiger partial charge in [-0.15, -0.1) is 0 Å². The summed E-state index contributed by atoms with van der Waals surface area (Å²) in [5.41, 5.74) is 2.40. The number of rotatable bonds is 3. The van der Waals surface area contributed by atoms with Crippen molar-refractivity contribution < 1.29 is 5.11 Å². The second-order valence-electron chi connectivity index (χ2n) is 3.37. The van der Waals surface area contributed by atoms with Crippen LogP contribution >= 0.6 is 0 Å². The molecule has 2 heterocycles. The Hall–Kier alpha value is -1.35. The molecule has 0 aromatic carbocycles. The number of anilines is 1. The van der Waals surface area contributed by atoms with Gasteiger partial charge in [0.05, 0.1) is 0 Å². The molecule has 14 heavy (non-hydrogen) atoms. The highest BCUT2D eigenvalue weighted by atomic mass is 16.2. The molecule has 74 valence electrons. The Morgan fingerprint density at radius 2 is 2.50 bits per heavy atom. The van der Waals surface area contributed by atoms with Gasteiger partial charge in [-0.05, 0) is 30.0 Å². The molecular weight excluding hydrogens is 176 g/mol. The van der Waals surface area contributed by atoms with E-state index in [1.807, 2.05) is 18.3 Å². The van der Waals surface area contributed by atoms with Gasteiger partial charge in [-0.2, -0.15) is 0 Å². The zero-order valence-corrected chi connectivity index (χ0v) is 8.03. The lowest BCUT2D eigenvalue weighted by Crippen LogP contribution is -1.92. The van der Waals surface area contributed by atoms with Gasteiger partial charge < -0.3 is 10.4 Å². The first-order valence-corrected chi connectivity index (χ1v) is 4.90. The number of hydrogen-bond acceptors (Lipinski definition) is 3. The molecule has 0 spiro atoms. The summed E-state index contributed by atoms with van der Waals surface area (Å²) in [5.74, 6) is 1.02. The molecule has 2 rings (SSSR count). The predicted octanol–water partition coefficient (Wildman–Crippen LogP) is 1.45. The Balaban J connectivity index is 2.12. The fourth-order valence-corrected chi connectivity index (χ4v) is 1.58. The molecule has 0 bridgehead atoms. The minimum Gasteiger partial charge on any atom is -0.396 e.